The van der Waals surface area contributed by atoms with Crippen LogP contribution in [0.15, 0.2) is 0 Å². The first-order chi connectivity index (χ1) is 10.7. The molecular weight excluding hydrogens is 276 g/mol. The average Bonchev–Trinajstić information content (AvgIpc) is 2.53. The first-order valence-electron chi connectivity index (χ1n) is 9.38. The monoisotopic (exact) mass is 314 g/mol. The van der Waals surface area contributed by atoms with Crippen molar-refractivity contribution >= 4 is 5.91 Å². The maximum atomic E-state index is 10.9. The van der Waals surface area contributed by atoms with Crippen molar-refractivity contribution in [1.82, 2.24) is 5.43 Å². The van der Waals surface area contributed by atoms with E-state index in [2.05, 4.69) is 12.3 Å². The van der Waals surface area contributed by atoms with Crippen LogP contribution in [0.1, 0.15) is 103 Å². The molecule has 0 heterocycles. The van der Waals surface area contributed by atoms with E-state index in [9.17, 15) is 9.90 Å². The second-order valence-electron chi connectivity index (χ2n) is 6.44. The largest absolute Gasteiger partial charge is 0.393 e. The van der Waals surface area contributed by atoms with Crippen LogP contribution in [0.5, 0.6) is 0 Å². The fraction of sp³-hybridized carbons (Fsp3) is 0.944. The molecule has 0 fully saturated rings. The van der Waals surface area contributed by atoms with Crippen LogP contribution in [-0.2, 0) is 4.79 Å². The van der Waals surface area contributed by atoms with Crippen molar-refractivity contribution in [1.29, 1.82) is 0 Å². The zero-order valence-electron chi connectivity index (χ0n) is 14.6. The zero-order valence-corrected chi connectivity index (χ0v) is 14.6. The molecule has 0 bridgehead atoms. The van der Waals surface area contributed by atoms with E-state index in [1.165, 1.54) is 57.8 Å². The molecule has 4 heteroatoms. The average molecular weight is 315 g/mol. The quantitative estimate of drug-likeness (QED) is 0.173. The molecule has 22 heavy (non-hydrogen) atoms. The van der Waals surface area contributed by atoms with Crippen LogP contribution in [0.3, 0.4) is 0 Å². The second kappa shape index (κ2) is 16.8. The van der Waals surface area contributed by atoms with Gasteiger partial charge in [-0.2, -0.15) is 0 Å². The van der Waals surface area contributed by atoms with Crippen molar-refractivity contribution in [3.05, 3.63) is 0 Å². The number of hydrogen-bond donors (Lipinski definition) is 3. The van der Waals surface area contributed by atoms with Gasteiger partial charge in [-0.1, -0.05) is 77.6 Å². The molecule has 1 amide bonds. The molecule has 0 aromatic heterocycles. The van der Waals surface area contributed by atoms with Crippen molar-refractivity contribution in [2.45, 2.75) is 109 Å². The van der Waals surface area contributed by atoms with Crippen molar-refractivity contribution in [2.75, 3.05) is 0 Å². The number of unbranched alkanes of at least 4 members (excludes halogenated alkanes) is 10. The number of carbonyl (C=O) groups excluding carboxylic acids is 1. The molecule has 132 valence electrons. The molecule has 1 unspecified atom stereocenters. The van der Waals surface area contributed by atoms with E-state index >= 15 is 0 Å². The Kier molecular flexibility index (Phi) is 16.3. The summed E-state index contributed by atoms with van der Waals surface area (Å²) in [6, 6.07) is 0. The van der Waals surface area contributed by atoms with Crippen LogP contribution in [-0.4, -0.2) is 17.1 Å². The Morgan fingerprint density at radius 1 is 0.864 bits per heavy atom. The molecule has 0 radical (unpaired) electrons. The fourth-order valence-electron chi connectivity index (χ4n) is 2.75. The van der Waals surface area contributed by atoms with Crippen molar-refractivity contribution in [2.24, 2.45) is 5.84 Å². The summed E-state index contributed by atoms with van der Waals surface area (Å²) in [5.41, 5.74) is 2.16. The van der Waals surface area contributed by atoms with Crippen LogP contribution in [0.25, 0.3) is 0 Å². The predicted octanol–water partition coefficient (Wildman–Crippen LogP) is 4.21. The third kappa shape index (κ3) is 15.8. The first kappa shape index (κ1) is 21.4. The van der Waals surface area contributed by atoms with Gasteiger partial charge in [0.05, 0.1) is 6.10 Å². The maximum absolute atomic E-state index is 10.9. The SMILES string of the molecule is CCCCCCC(O)CCCCCCCCCCC(=O)NN. The van der Waals surface area contributed by atoms with Gasteiger partial charge in [-0.3, -0.25) is 10.2 Å². The van der Waals surface area contributed by atoms with E-state index in [1.54, 1.807) is 0 Å². The minimum atomic E-state index is -0.0782. The molecule has 4 nitrogen and oxygen atoms in total. The number of aliphatic hydroxyl groups excluding tert-OH is 1. The lowest BCUT2D eigenvalue weighted by Gasteiger charge is -2.10. The standard InChI is InChI=1S/C18H38N2O2/c1-2-3-4-11-14-17(21)15-12-9-7-5-6-8-10-13-16-18(22)20-19/h17,21H,2-16,19H2,1H3,(H,20,22). The van der Waals surface area contributed by atoms with Gasteiger partial charge < -0.3 is 5.11 Å². The summed E-state index contributed by atoms with van der Waals surface area (Å²) >= 11 is 0. The van der Waals surface area contributed by atoms with Crippen LogP contribution in [0.4, 0.5) is 0 Å². The Hall–Kier alpha value is -0.610. The number of carbonyl (C=O) groups is 1. The van der Waals surface area contributed by atoms with Gasteiger partial charge in [-0.25, -0.2) is 5.84 Å². The van der Waals surface area contributed by atoms with E-state index in [1.807, 2.05) is 0 Å². The summed E-state index contributed by atoms with van der Waals surface area (Å²) in [4.78, 5) is 10.9. The Labute approximate surface area is 137 Å². The van der Waals surface area contributed by atoms with Crippen LogP contribution in [0.2, 0.25) is 0 Å². The molecule has 0 aromatic rings. The lowest BCUT2D eigenvalue weighted by atomic mass is 10.0. The van der Waals surface area contributed by atoms with Gasteiger partial charge in [0.25, 0.3) is 0 Å². The summed E-state index contributed by atoms with van der Waals surface area (Å²) in [7, 11) is 0. The third-order valence-electron chi connectivity index (χ3n) is 4.24. The van der Waals surface area contributed by atoms with Crippen LogP contribution in [0, 0.1) is 0 Å². The van der Waals surface area contributed by atoms with E-state index < -0.39 is 0 Å². The summed E-state index contributed by atoms with van der Waals surface area (Å²) < 4.78 is 0. The van der Waals surface area contributed by atoms with E-state index in [-0.39, 0.29) is 12.0 Å². The molecule has 0 aliphatic carbocycles. The lowest BCUT2D eigenvalue weighted by molar-refractivity contribution is -0.121. The lowest BCUT2D eigenvalue weighted by Crippen LogP contribution is -2.29. The number of aliphatic hydroxyl groups is 1. The Morgan fingerprint density at radius 2 is 1.32 bits per heavy atom. The normalized spacial score (nSPS) is 12.3. The van der Waals surface area contributed by atoms with E-state index in [0.29, 0.717) is 6.42 Å². The molecule has 1 atom stereocenters. The molecule has 0 saturated carbocycles. The number of hydrazine groups is 1. The summed E-state index contributed by atoms with van der Waals surface area (Å²) in [6.45, 7) is 2.22. The Morgan fingerprint density at radius 3 is 1.82 bits per heavy atom. The van der Waals surface area contributed by atoms with Gasteiger partial charge in [0.1, 0.15) is 0 Å². The molecule has 4 N–H and O–H groups in total. The molecule has 0 rings (SSSR count). The highest BCUT2D eigenvalue weighted by atomic mass is 16.3. The summed E-state index contributed by atoms with van der Waals surface area (Å²) in [6.07, 6.45) is 16.9. The minimum Gasteiger partial charge on any atom is -0.393 e. The Balaban J connectivity index is 3.14. The number of amides is 1. The molecule has 0 aromatic carbocycles. The van der Waals surface area contributed by atoms with Gasteiger partial charge in [0.15, 0.2) is 0 Å². The summed E-state index contributed by atoms with van der Waals surface area (Å²) in [5, 5.41) is 9.87. The summed E-state index contributed by atoms with van der Waals surface area (Å²) in [5.74, 6) is 4.96. The highest BCUT2D eigenvalue weighted by Gasteiger charge is 2.03. The molecule has 0 aliphatic heterocycles. The van der Waals surface area contributed by atoms with Gasteiger partial charge in [-0.05, 0) is 19.3 Å². The smallest absolute Gasteiger partial charge is 0.233 e. The third-order valence-corrected chi connectivity index (χ3v) is 4.24. The first-order valence-corrected chi connectivity index (χ1v) is 9.38. The van der Waals surface area contributed by atoms with Gasteiger partial charge in [0.2, 0.25) is 5.91 Å². The van der Waals surface area contributed by atoms with Gasteiger partial charge >= 0.3 is 0 Å². The number of nitrogens with two attached hydrogens (primary N) is 1. The van der Waals surface area contributed by atoms with Crippen molar-refractivity contribution < 1.29 is 9.90 Å². The highest BCUT2D eigenvalue weighted by Crippen LogP contribution is 2.14. The molecule has 0 saturated heterocycles. The van der Waals surface area contributed by atoms with E-state index in [4.69, 9.17) is 5.84 Å². The van der Waals surface area contributed by atoms with Crippen molar-refractivity contribution in [3.63, 3.8) is 0 Å². The maximum Gasteiger partial charge on any atom is 0.233 e. The molecule has 0 aliphatic rings. The predicted molar refractivity (Wildman–Crippen MR) is 93.3 cm³/mol. The number of nitrogens with one attached hydrogen (secondary N) is 1. The fourth-order valence-corrected chi connectivity index (χ4v) is 2.75. The van der Waals surface area contributed by atoms with Crippen LogP contribution >= 0.6 is 0 Å². The Bertz CT molecular complexity index is 247. The number of rotatable bonds is 16. The number of hydrogen-bond acceptors (Lipinski definition) is 3. The highest BCUT2D eigenvalue weighted by molar-refractivity contribution is 5.74. The second-order valence-corrected chi connectivity index (χ2v) is 6.44. The molecular formula is C18H38N2O2. The van der Waals surface area contributed by atoms with Gasteiger partial charge in [0, 0.05) is 6.42 Å². The van der Waals surface area contributed by atoms with Crippen LogP contribution < -0.4 is 11.3 Å². The van der Waals surface area contributed by atoms with Crippen molar-refractivity contribution in [3.8, 4) is 0 Å². The molecule has 0 spiro atoms. The minimum absolute atomic E-state index is 0.0618. The van der Waals surface area contributed by atoms with Gasteiger partial charge in [-0.15, -0.1) is 0 Å². The zero-order chi connectivity index (χ0) is 16.5. The topological polar surface area (TPSA) is 75.3 Å². The van der Waals surface area contributed by atoms with E-state index in [0.717, 1.165) is 32.1 Å².